The van der Waals surface area contributed by atoms with Gasteiger partial charge in [0.05, 0.1) is 6.61 Å². The second kappa shape index (κ2) is 6.59. The zero-order valence-corrected chi connectivity index (χ0v) is 13.7. The van der Waals surface area contributed by atoms with E-state index in [2.05, 4.69) is 17.4 Å². The first-order chi connectivity index (χ1) is 10.6. The molecular weight excluding hydrogens is 317 g/mol. The number of aliphatic hydroxyl groups is 1. The lowest BCUT2D eigenvalue weighted by molar-refractivity contribution is 0.126. The normalized spacial score (nSPS) is 24.6. The first-order valence-corrected chi connectivity index (χ1v) is 8.20. The van der Waals surface area contributed by atoms with Crippen LogP contribution in [0.1, 0.15) is 17.0 Å². The van der Waals surface area contributed by atoms with Gasteiger partial charge < -0.3 is 10.4 Å². The molecule has 2 unspecified atom stereocenters. The molecule has 2 atom stereocenters. The fourth-order valence-electron chi connectivity index (χ4n) is 3.39. The SMILES string of the molecule is OCC1(Cc2ccc(Cl)cc2)CNCC1c1ccc(Cl)cc1. The molecule has 116 valence electrons. The van der Waals surface area contributed by atoms with Crippen molar-refractivity contribution in [2.75, 3.05) is 19.7 Å². The van der Waals surface area contributed by atoms with Crippen molar-refractivity contribution in [1.82, 2.24) is 5.32 Å². The average molecular weight is 336 g/mol. The zero-order chi connectivity index (χ0) is 15.6. The molecular formula is C18H19Cl2NO. The van der Waals surface area contributed by atoms with Crippen LogP contribution in [0.3, 0.4) is 0 Å². The van der Waals surface area contributed by atoms with Gasteiger partial charge in [0.15, 0.2) is 0 Å². The molecule has 2 aromatic carbocycles. The molecule has 1 heterocycles. The highest BCUT2D eigenvalue weighted by atomic mass is 35.5. The fourth-order valence-corrected chi connectivity index (χ4v) is 3.64. The molecule has 0 aliphatic carbocycles. The van der Waals surface area contributed by atoms with E-state index in [4.69, 9.17) is 23.2 Å². The third-order valence-corrected chi connectivity index (χ3v) is 5.13. The Labute approximate surface area is 141 Å². The summed E-state index contributed by atoms with van der Waals surface area (Å²) in [4.78, 5) is 0. The van der Waals surface area contributed by atoms with Gasteiger partial charge in [-0.15, -0.1) is 0 Å². The van der Waals surface area contributed by atoms with Gasteiger partial charge in [0, 0.05) is 34.5 Å². The molecule has 0 aromatic heterocycles. The van der Waals surface area contributed by atoms with E-state index < -0.39 is 0 Å². The van der Waals surface area contributed by atoms with Crippen LogP contribution in [0.2, 0.25) is 10.0 Å². The zero-order valence-electron chi connectivity index (χ0n) is 12.2. The summed E-state index contributed by atoms with van der Waals surface area (Å²) >= 11 is 12.0. The van der Waals surface area contributed by atoms with Gasteiger partial charge in [0.25, 0.3) is 0 Å². The minimum atomic E-state index is -0.193. The van der Waals surface area contributed by atoms with Crippen molar-refractivity contribution >= 4 is 23.2 Å². The number of aliphatic hydroxyl groups excluding tert-OH is 1. The Balaban J connectivity index is 1.89. The van der Waals surface area contributed by atoms with E-state index >= 15 is 0 Å². The maximum Gasteiger partial charge on any atom is 0.0509 e. The maximum atomic E-state index is 10.1. The second-order valence-electron chi connectivity index (χ2n) is 6.06. The Morgan fingerprint density at radius 1 is 1.00 bits per heavy atom. The van der Waals surface area contributed by atoms with Gasteiger partial charge in [-0.05, 0) is 41.8 Å². The number of nitrogens with one attached hydrogen (secondary N) is 1. The van der Waals surface area contributed by atoms with Crippen molar-refractivity contribution in [1.29, 1.82) is 0 Å². The van der Waals surface area contributed by atoms with Crippen LogP contribution in [-0.4, -0.2) is 24.8 Å². The standard InChI is InChI=1S/C18H19Cl2NO/c19-15-5-1-13(2-6-15)9-18(12-22)11-21-10-17(18)14-3-7-16(20)8-4-14/h1-8,17,21-22H,9-12H2. The smallest absolute Gasteiger partial charge is 0.0509 e. The molecule has 1 fully saturated rings. The maximum absolute atomic E-state index is 10.1. The molecule has 0 radical (unpaired) electrons. The monoisotopic (exact) mass is 335 g/mol. The van der Waals surface area contributed by atoms with Gasteiger partial charge >= 0.3 is 0 Å². The predicted octanol–water partition coefficient (Wildman–Crippen LogP) is 3.90. The van der Waals surface area contributed by atoms with Gasteiger partial charge in [-0.1, -0.05) is 47.5 Å². The first-order valence-electron chi connectivity index (χ1n) is 7.44. The lowest BCUT2D eigenvalue weighted by Gasteiger charge is -2.33. The van der Waals surface area contributed by atoms with Crippen molar-refractivity contribution in [3.63, 3.8) is 0 Å². The van der Waals surface area contributed by atoms with E-state index in [1.165, 1.54) is 11.1 Å². The van der Waals surface area contributed by atoms with E-state index in [1.807, 2.05) is 36.4 Å². The van der Waals surface area contributed by atoms with E-state index in [-0.39, 0.29) is 17.9 Å². The van der Waals surface area contributed by atoms with Crippen LogP contribution in [0.25, 0.3) is 0 Å². The fraction of sp³-hybridized carbons (Fsp3) is 0.333. The Morgan fingerprint density at radius 3 is 2.18 bits per heavy atom. The predicted molar refractivity (Wildman–Crippen MR) is 91.7 cm³/mol. The van der Waals surface area contributed by atoms with Crippen LogP contribution in [0, 0.1) is 5.41 Å². The molecule has 3 rings (SSSR count). The van der Waals surface area contributed by atoms with Gasteiger partial charge in [-0.3, -0.25) is 0 Å². The Kier molecular flexibility index (Phi) is 4.74. The molecule has 2 aromatic rings. The molecule has 0 amide bonds. The highest BCUT2D eigenvalue weighted by Crippen LogP contribution is 2.42. The summed E-state index contributed by atoms with van der Waals surface area (Å²) < 4.78 is 0. The summed E-state index contributed by atoms with van der Waals surface area (Å²) in [6, 6.07) is 15.8. The van der Waals surface area contributed by atoms with Crippen LogP contribution >= 0.6 is 23.2 Å². The minimum absolute atomic E-state index is 0.149. The highest BCUT2D eigenvalue weighted by Gasteiger charge is 2.43. The van der Waals surface area contributed by atoms with Crippen LogP contribution in [-0.2, 0) is 6.42 Å². The van der Waals surface area contributed by atoms with Gasteiger partial charge in [-0.2, -0.15) is 0 Å². The largest absolute Gasteiger partial charge is 0.396 e. The second-order valence-corrected chi connectivity index (χ2v) is 6.93. The molecule has 2 nitrogen and oxygen atoms in total. The molecule has 1 aliphatic heterocycles. The van der Waals surface area contributed by atoms with Crippen LogP contribution in [0.15, 0.2) is 48.5 Å². The van der Waals surface area contributed by atoms with Gasteiger partial charge in [0.2, 0.25) is 0 Å². The summed E-state index contributed by atoms with van der Waals surface area (Å²) in [5.74, 6) is 0.269. The van der Waals surface area contributed by atoms with Crippen molar-refractivity contribution in [3.8, 4) is 0 Å². The van der Waals surface area contributed by atoms with Crippen molar-refractivity contribution in [2.45, 2.75) is 12.3 Å². The molecule has 2 N–H and O–H groups in total. The third kappa shape index (κ3) is 3.16. The topological polar surface area (TPSA) is 32.3 Å². The molecule has 4 heteroatoms. The summed E-state index contributed by atoms with van der Waals surface area (Å²) in [6.07, 6.45) is 0.820. The van der Waals surface area contributed by atoms with Crippen LogP contribution < -0.4 is 5.32 Å². The van der Waals surface area contributed by atoms with E-state index in [1.54, 1.807) is 0 Å². The first kappa shape index (κ1) is 15.8. The average Bonchev–Trinajstić information content (AvgIpc) is 2.94. The quantitative estimate of drug-likeness (QED) is 0.887. The van der Waals surface area contributed by atoms with E-state index in [0.29, 0.717) is 0 Å². The molecule has 0 bridgehead atoms. The number of hydrogen-bond donors (Lipinski definition) is 2. The Morgan fingerprint density at radius 2 is 1.59 bits per heavy atom. The van der Waals surface area contributed by atoms with Crippen molar-refractivity contribution in [2.24, 2.45) is 5.41 Å². The number of benzene rings is 2. The minimum Gasteiger partial charge on any atom is -0.396 e. The summed E-state index contributed by atoms with van der Waals surface area (Å²) in [7, 11) is 0. The lowest BCUT2D eigenvalue weighted by Crippen LogP contribution is -2.35. The van der Waals surface area contributed by atoms with Crippen LogP contribution in [0.5, 0.6) is 0 Å². The summed E-state index contributed by atoms with van der Waals surface area (Å²) in [5, 5.41) is 15.0. The molecule has 1 aliphatic rings. The molecule has 1 saturated heterocycles. The number of halogens is 2. The lowest BCUT2D eigenvalue weighted by atomic mass is 9.71. The van der Waals surface area contributed by atoms with E-state index in [9.17, 15) is 5.11 Å². The number of rotatable bonds is 4. The number of hydrogen-bond acceptors (Lipinski definition) is 2. The third-order valence-electron chi connectivity index (χ3n) is 4.62. The van der Waals surface area contributed by atoms with Gasteiger partial charge in [0.1, 0.15) is 0 Å². The van der Waals surface area contributed by atoms with Crippen LogP contribution in [0.4, 0.5) is 0 Å². The molecule has 0 saturated carbocycles. The molecule has 0 spiro atoms. The van der Waals surface area contributed by atoms with Gasteiger partial charge in [-0.25, -0.2) is 0 Å². The van der Waals surface area contributed by atoms with E-state index in [0.717, 1.165) is 29.6 Å². The molecule has 22 heavy (non-hydrogen) atoms. The highest BCUT2D eigenvalue weighted by molar-refractivity contribution is 6.30. The van der Waals surface area contributed by atoms with Crippen molar-refractivity contribution < 1.29 is 5.11 Å². The Bertz CT molecular complexity index is 627. The summed E-state index contributed by atoms with van der Waals surface area (Å²) in [6.45, 7) is 1.82. The van der Waals surface area contributed by atoms with Crippen molar-refractivity contribution in [3.05, 3.63) is 69.7 Å². The summed E-state index contributed by atoms with van der Waals surface area (Å²) in [5.41, 5.74) is 2.22. The Hall–Kier alpha value is -1.06.